The van der Waals surface area contributed by atoms with E-state index in [0.717, 1.165) is 30.5 Å². The van der Waals surface area contributed by atoms with Crippen molar-refractivity contribution in [2.24, 2.45) is 0 Å². The number of quaternary nitrogens is 1. The number of likely N-dealkylation sites (N-methyl/N-ethyl adjacent to an activating group) is 1. The lowest BCUT2D eigenvalue weighted by Gasteiger charge is -2.33. The van der Waals surface area contributed by atoms with Gasteiger partial charge in [0.15, 0.2) is 0 Å². The van der Waals surface area contributed by atoms with E-state index in [-0.39, 0.29) is 6.10 Å². The number of hydrogen-bond acceptors (Lipinski definition) is 1. The summed E-state index contributed by atoms with van der Waals surface area (Å²) in [5.41, 5.74) is 0. The minimum Gasteiger partial charge on any atom is -0.387 e. The number of aliphatic hydroxyl groups is 1. The molecule has 0 fully saturated rings. The molecule has 0 aromatic rings. The summed E-state index contributed by atoms with van der Waals surface area (Å²) in [6, 6.07) is 0. The highest BCUT2D eigenvalue weighted by Crippen LogP contribution is 2.04. The van der Waals surface area contributed by atoms with Crippen molar-refractivity contribution >= 4 is 0 Å². The molecule has 0 aromatic heterocycles. The van der Waals surface area contributed by atoms with Gasteiger partial charge >= 0.3 is 0 Å². The van der Waals surface area contributed by atoms with Crippen molar-refractivity contribution in [2.75, 3.05) is 26.7 Å². The number of nitrogens with zero attached hydrogens (tertiary/aromatic N) is 1. The van der Waals surface area contributed by atoms with E-state index < -0.39 is 0 Å². The van der Waals surface area contributed by atoms with E-state index >= 15 is 0 Å². The summed E-state index contributed by atoms with van der Waals surface area (Å²) in [6.45, 7) is 9.47. The van der Waals surface area contributed by atoms with Crippen LogP contribution in [0.2, 0.25) is 0 Å². The fraction of sp³-hybridized carbons (Fsp3) is 1.00. The molecule has 0 heterocycles. The summed E-state index contributed by atoms with van der Waals surface area (Å²) in [5, 5.41) is 9.44. The number of hydrogen-bond donors (Lipinski definition) is 1. The first kappa shape index (κ1) is 10.9. The second-order valence-corrected chi connectivity index (χ2v) is 3.50. The van der Waals surface area contributed by atoms with Gasteiger partial charge in [0, 0.05) is 0 Å². The Morgan fingerprint density at radius 1 is 1.18 bits per heavy atom. The van der Waals surface area contributed by atoms with Crippen LogP contribution in [0.4, 0.5) is 0 Å². The van der Waals surface area contributed by atoms with Crippen molar-refractivity contribution in [2.45, 2.75) is 33.3 Å². The van der Waals surface area contributed by atoms with Gasteiger partial charge in [0.1, 0.15) is 12.6 Å². The average molecular weight is 160 g/mol. The molecule has 0 aromatic carbocycles. The standard InChI is InChI=1S/C9H22NO/c1-5-9(11)8-10(4,6-2)7-3/h9,11H,5-8H2,1-4H3/q+1. The first-order valence-corrected chi connectivity index (χ1v) is 4.59. The van der Waals surface area contributed by atoms with Crippen LogP contribution < -0.4 is 0 Å². The van der Waals surface area contributed by atoms with Crippen LogP contribution >= 0.6 is 0 Å². The molecule has 11 heavy (non-hydrogen) atoms. The zero-order valence-electron chi connectivity index (χ0n) is 8.30. The van der Waals surface area contributed by atoms with E-state index in [9.17, 15) is 5.11 Å². The van der Waals surface area contributed by atoms with E-state index in [2.05, 4.69) is 20.9 Å². The Morgan fingerprint density at radius 3 is 1.91 bits per heavy atom. The van der Waals surface area contributed by atoms with Crippen LogP contribution in [0.15, 0.2) is 0 Å². The second-order valence-electron chi connectivity index (χ2n) is 3.50. The van der Waals surface area contributed by atoms with Crippen LogP contribution in [0, 0.1) is 0 Å². The fourth-order valence-corrected chi connectivity index (χ4v) is 1.12. The molecule has 0 amide bonds. The maximum absolute atomic E-state index is 9.44. The molecule has 0 rings (SSSR count). The van der Waals surface area contributed by atoms with Crippen LogP contribution in [0.5, 0.6) is 0 Å². The summed E-state index contributed by atoms with van der Waals surface area (Å²) in [6.07, 6.45) is 0.744. The maximum atomic E-state index is 9.44. The van der Waals surface area contributed by atoms with Gasteiger partial charge < -0.3 is 9.59 Å². The quantitative estimate of drug-likeness (QED) is 0.600. The minimum absolute atomic E-state index is 0.125. The molecule has 1 N–H and O–H groups in total. The Labute approximate surface area is 70.4 Å². The third-order valence-corrected chi connectivity index (χ3v) is 2.65. The Morgan fingerprint density at radius 2 is 1.64 bits per heavy atom. The number of aliphatic hydroxyl groups excluding tert-OH is 1. The first-order chi connectivity index (χ1) is 5.08. The van der Waals surface area contributed by atoms with Gasteiger partial charge in [-0.05, 0) is 20.3 Å². The molecule has 2 nitrogen and oxygen atoms in total. The van der Waals surface area contributed by atoms with Gasteiger partial charge in [0.05, 0.1) is 20.1 Å². The molecule has 68 valence electrons. The van der Waals surface area contributed by atoms with E-state index in [1.807, 2.05) is 6.92 Å². The van der Waals surface area contributed by atoms with Crippen molar-refractivity contribution < 1.29 is 9.59 Å². The molecular weight excluding hydrogens is 138 g/mol. The minimum atomic E-state index is -0.125. The van der Waals surface area contributed by atoms with E-state index in [0.29, 0.717) is 0 Å². The van der Waals surface area contributed by atoms with E-state index in [1.165, 1.54) is 0 Å². The largest absolute Gasteiger partial charge is 0.387 e. The molecule has 0 radical (unpaired) electrons. The normalized spacial score (nSPS) is 15.0. The fourth-order valence-electron chi connectivity index (χ4n) is 1.12. The van der Waals surface area contributed by atoms with Crippen LogP contribution in [0.25, 0.3) is 0 Å². The lowest BCUT2D eigenvalue weighted by Crippen LogP contribution is -2.48. The van der Waals surface area contributed by atoms with Gasteiger partial charge in [0.2, 0.25) is 0 Å². The Balaban J connectivity index is 3.86. The van der Waals surface area contributed by atoms with Crippen LogP contribution in [-0.2, 0) is 0 Å². The first-order valence-electron chi connectivity index (χ1n) is 4.59. The Kier molecular flexibility index (Phi) is 4.69. The van der Waals surface area contributed by atoms with E-state index in [4.69, 9.17) is 0 Å². The van der Waals surface area contributed by atoms with Gasteiger partial charge in [-0.25, -0.2) is 0 Å². The monoisotopic (exact) mass is 160 g/mol. The highest BCUT2D eigenvalue weighted by Gasteiger charge is 2.19. The van der Waals surface area contributed by atoms with Gasteiger partial charge in [-0.3, -0.25) is 0 Å². The molecule has 0 aliphatic heterocycles. The highest BCUT2D eigenvalue weighted by molar-refractivity contribution is 4.49. The molecule has 1 atom stereocenters. The smallest absolute Gasteiger partial charge is 0.105 e. The van der Waals surface area contributed by atoms with Gasteiger partial charge in [-0.2, -0.15) is 0 Å². The zero-order valence-corrected chi connectivity index (χ0v) is 8.30. The molecule has 2 heteroatoms. The summed E-state index contributed by atoms with van der Waals surface area (Å²) in [5.74, 6) is 0. The summed E-state index contributed by atoms with van der Waals surface area (Å²) >= 11 is 0. The molecule has 0 bridgehead atoms. The average Bonchev–Trinajstić information content (AvgIpc) is 2.04. The molecule has 0 saturated carbocycles. The van der Waals surface area contributed by atoms with Crippen LogP contribution in [-0.4, -0.2) is 42.4 Å². The van der Waals surface area contributed by atoms with Crippen molar-refractivity contribution in [1.29, 1.82) is 0 Å². The summed E-state index contributed by atoms with van der Waals surface area (Å²) in [4.78, 5) is 0. The lowest BCUT2D eigenvalue weighted by atomic mass is 10.2. The highest BCUT2D eigenvalue weighted by atomic mass is 16.3. The molecule has 0 aliphatic rings. The van der Waals surface area contributed by atoms with Gasteiger partial charge in [-0.15, -0.1) is 0 Å². The van der Waals surface area contributed by atoms with Gasteiger partial charge in [0.25, 0.3) is 0 Å². The lowest BCUT2D eigenvalue weighted by molar-refractivity contribution is -0.909. The Hall–Kier alpha value is -0.0800. The molecule has 0 aliphatic carbocycles. The van der Waals surface area contributed by atoms with Crippen molar-refractivity contribution in [3.63, 3.8) is 0 Å². The topological polar surface area (TPSA) is 20.2 Å². The van der Waals surface area contributed by atoms with Crippen molar-refractivity contribution in [3.05, 3.63) is 0 Å². The molecular formula is C9H22NO+. The molecule has 1 unspecified atom stereocenters. The molecule has 0 saturated heterocycles. The SMILES string of the molecule is CCC(O)C[N+](C)(CC)CC. The summed E-state index contributed by atoms with van der Waals surface area (Å²) < 4.78 is 0.981. The van der Waals surface area contributed by atoms with Crippen molar-refractivity contribution in [3.8, 4) is 0 Å². The van der Waals surface area contributed by atoms with Crippen molar-refractivity contribution in [1.82, 2.24) is 0 Å². The van der Waals surface area contributed by atoms with Gasteiger partial charge in [-0.1, -0.05) is 6.92 Å². The second kappa shape index (κ2) is 4.73. The third kappa shape index (κ3) is 3.73. The van der Waals surface area contributed by atoms with E-state index in [1.54, 1.807) is 0 Å². The number of rotatable bonds is 5. The Bertz CT molecular complexity index is 99.7. The zero-order chi connectivity index (χ0) is 8.91. The third-order valence-electron chi connectivity index (χ3n) is 2.65. The predicted octanol–water partition coefficient (Wildman–Crippen LogP) is 1.24. The molecule has 0 spiro atoms. The predicted molar refractivity (Wildman–Crippen MR) is 48.4 cm³/mol. The van der Waals surface area contributed by atoms with Crippen LogP contribution in [0.3, 0.4) is 0 Å². The van der Waals surface area contributed by atoms with Crippen LogP contribution in [0.1, 0.15) is 27.2 Å². The summed E-state index contributed by atoms with van der Waals surface area (Å²) in [7, 11) is 2.19. The maximum Gasteiger partial charge on any atom is 0.105 e.